The van der Waals surface area contributed by atoms with E-state index < -0.39 is 11.6 Å². The number of carbonyl (C=O) groups is 1. The summed E-state index contributed by atoms with van der Waals surface area (Å²) in [6.07, 6.45) is 0.839. The summed E-state index contributed by atoms with van der Waals surface area (Å²) in [5.74, 6) is -2.14. The summed E-state index contributed by atoms with van der Waals surface area (Å²) in [7, 11) is 0. The van der Waals surface area contributed by atoms with Crippen LogP contribution in [-0.4, -0.2) is 17.4 Å². The number of nitrogens with zero attached hydrogens (tertiary/aromatic N) is 2. The highest BCUT2D eigenvalue weighted by molar-refractivity contribution is 5.77. The van der Waals surface area contributed by atoms with Crippen molar-refractivity contribution in [3.8, 4) is 6.07 Å². The van der Waals surface area contributed by atoms with Gasteiger partial charge in [0.15, 0.2) is 11.6 Å². The third kappa shape index (κ3) is 2.65. The molecule has 1 aliphatic rings. The fraction of sp³-hybridized carbons (Fsp3) is 0.385. The molecule has 1 amide bonds. The lowest BCUT2D eigenvalue weighted by molar-refractivity contribution is -0.134. The van der Waals surface area contributed by atoms with Gasteiger partial charge in [0.25, 0.3) is 0 Å². The zero-order chi connectivity index (χ0) is 13.1. The molecule has 0 aliphatic carbocycles. The molecule has 1 aliphatic heterocycles. The highest BCUT2D eigenvalue weighted by atomic mass is 19.2. The highest BCUT2D eigenvalue weighted by Crippen LogP contribution is 2.20. The number of halogens is 2. The van der Waals surface area contributed by atoms with Crippen molar-refractivity contribution in [2.24, 2.45) is 5.92 Å². The first-order valence-corrected chi connectivity index (χ1v) is 5.71. The lowest BCUT2D eigenvalue weighted by Crippen LogP contribution is -2.37. The second kappa shape index (κ2) is 5.13. The van der Waals surface area contributed by atoms with Crippen molar-refractivity contribution in [1.82, 2.24) is 4.90 Å². The standard InChI is InChI=1S/C13H12F2N2O/c14-11-2-1-10(5-12(11)15)8-17-4-3-9(7-16)6-13(17)18/h1-2,5,9H,3-4,6,8H2. The van der Waals surface area contributed by atoms with Crippen molar-refractivity contribution in [1.29, 1.82) is 5.26 Å². The average Bonchev–Trinajstić information content (AvgIpc) is 2.36. The van der Waals surface area contributed by atoms with Gasteiger partial charge in [-0.15, -0.1) is 0 Å². The van der Waals surface area contributed by atoms with E-state index in [0.29, 0.717) is 18.5 Å². The quantitative estimate of drug-likeness (QED) is 0.807. The smallest absolute Gasteiger partial charge is 0.224 e. The molecular formula is C13H12F2N2O. The van der Waals surface area contributed by atoms with Gasteiger partial charge in [0.1, 0.15) is 0 Å². The molecule has 1 atom stereocenters. The van der Waals surface area contributed by atoms with Gasteiger partial charge < -0.3 is 4.90 Å². The van der Waals surface area contributed by atoms with E-state index in [-0.39, 0.29) is 24.8 Å². The van der Waals surface area contributed by atoms with Gasteiger partial charge in [-0.1, -0.05) is 6.07 Å². The number of hydrogen-bond acceptors (Lipinski definition) is 2. The maximum Gasteiger partial charge on any atom is 0.224 e. The van der Waals surface area contributed by atoms with E-state index in [9.17, 15) is 13.6 Å². The van der Waals surface area contributed by atoms with Crippen LogP contribution in [0.15, 0.2) is 18.2 Å². The molecule has 0 spiro atoms. The maximum atomic E-state index is 13.0. The Morgan fingerprint density at radius 2 is 2.17 bits per heavy atom. The second-order valence-corrected chi connectivity index (χ2v) is 4.38. The summed E-state index contributed by atoms with van der Waals surface area (Å²) in [4.78, 5) is 13.3. The van der Waals surface area contributed by atoms with Crippen LogP contribution in [0.5, 0.6) is 0 Å². The topological polar surface area (TPSA) is 44.1 Å². The monoisotopic (exact) mass is 250 g/mol. The van der Waals surface area contributed by atoms with Crippen LogP contribution in [0, 0.1) is 28.9 Å². The van der Waals surface area contributed by atoms with Gasteiger partial charge in [0.2, 0.25) is 5.91 Å². The third-order valence-corrected chi connectivity index (χ3v) is 3.06. The van der Waals surface area contributed by atoms with E-state index in [1.807, 2.05) is 0 Å². The van der Waals surface area contributed by atoms with Gasteiger partial charge in [0, 0.05) is 19.5 Å². The van der Waals surface area contributed by atoms with Crippen molar-refractivity contribution < 1.29 is 13.6 Å². The fourth-order valence-electron chi connectivity index (χ4n) is 2.01. The summed E-state index contributed by atoms with van der Waals surface area (Å²) < 4.78 is 25.8. The molecule has 0 bridgehead atoms. The Morgan fingerprint density at radius 3 is 2.78 bits per heavy atom. The summed E-state index contributed by atoms with van der Waals surface area (Å²) in [6, 6.07) is 5.69. The first-order valence-electron chi connectivity index (χ1n) is 5.71. The van der Waals surface area contributed by atoms with Crippen LogP contribution < -0.4 is 0 Å². The molecule has 1 saturated heterocycles. The average molecular weight is 250 g/mol. The highest BCUT2D eigenvalue weighted by Gasteiger charge is 2.25. The Morgan fingerprint density at radius 1 is 1.39 bits per heavy atom. The van der Waals surface area contributed by atoms with Crippen LogP contribution in [0.3, 0.4) is 0 Å². The molecule has 5 heteroatoms. The molecule has 1 unspecified atom stereocenters. The minimum atomic E-state index is -0.910. The number of amides is 1. The second-order valence-electron chi connectivity index (χ2n) is 4.38. The predicted octanol–water partition coefficient (Wildman–Crippen LogP) is 2.23. The van der Waals surface area contributed by atoms with Gasteiger partial charge in [-0.2, -0.15) is 5.26 Å². The molecule has 0 radical (unpaired) electrons. The first-order chi connectivity index (χ1) is 8.60. The summed E-state index contributed by atoms with van der Waals surface area (Å²) in [5, 5.41) is 8.74. The molecule has 3 nitrogen and oxygen atoms in total. The summed E-state index contributed by atoms with van der Waals surface area (Å²) >= 11 is 0. The molecule has 1 heterocycles. The summed E-state index contributed by atoms with van der Waals surface area (Å²) in [6.45, 7) is 0.740. The van der Waals surface area contributed by atoms with Crippen LogP contribution in [0.25, 0.3) is 0 Å². The molecule has 1 aromatic rings. The van der Waals surface area contributed by atoms with E-state index >= 15 is 0 Å². The predicted molar refractivity (Wildman–Crippen MR) is 60.1 cm³/mol. The SMILES string of the molecule is N#CC1CCN(Cc2ccc(F)c(F)c2)C(=O)C1. The van der Waals surface area contributed by atoms with Gasteiger partial charge in [-0.05, 0) is 24.1 Å². The van der Waals surface area contributed by atoms with Gasteiger partial charge in [0.05, 0.1) is 12.0 Å². The molecule has 2 rings (SSSR count). The maximum absolute atomic E-state index is 13.0. The van der Waals surface area contributed by atoms with Crippen LogP contribution in [0.1, 0.15) is 18.4 Å². The molecule has 1 fully saturated rings. The largest absolute Gasteiger partial charge is 0.338 e. The normalized spacial score (nSPS) is 19.7. The first kappa shape index (κ1) is 12.5. The number of piperidine rings is 1. The molecule has 0 saturated carbocycles. The summed E-state index contributed by atoms with van der Waals surface area (Å²) in [5.41, 5.74) is 0.553. The number of likely N-dealkylation sites (tertiary alicyclic amines) is 1. The van der Waals surface area contributed by atoms with Crippen molar-refractivity contribution in [3.05, 3.63) is 35.4 Å². The zero-order valence-electron chi connectivity index (χ0n) is 9.70. The minimum Gasteiger partial charge on any atom is -0.338 e. The Labute approximate surface area is 104 Å². The molecule has 0 aromatic heterocycles. The third-order valence-electron chi connectivity index (χ3n) is 3.06. The van der Waals surface area contributed by atoms with Gasteiger partial charge in [-0.3, -0.25) is 4.79 Å². The zero-order valence-corrected chi connectivity index (χ0v) is 9.70. The van der Waals surface area contributed by atoms with Crippen molar-refractivity contribution in [3.63, 3.8) is 0 Å². The lowest BCUT2D eigenvalue weighted by Gasteiger charge is -2.29. The Balaban J connectivity index is 2.04. The van der Waals surface area contributed by atoms with E-state index in [4.69, 9.17) is 5.26 Å². The van der Waals surface area contributed by atoms with Gasteiger partial charge >= 0.3 is 0 Å². The van der Waals surface area contributed by atoms with Crippen LogP contribution in [0.4, 0.5) is 8.78 Å². The van der Waals surface area contributed by atoms with E-state index in [2.05, 4.69) is 6.07 Å². The van der Waals surface area contributed by atoms with Crippen molar-refractivity contribution in [2.75, 3.05) is 6.54 Å². The fourth-order valence-corrected chi connectivity index (χ4v) is 2.01. The Kier molecular flexibility index (Phi) is 3.56. The van der Waals surface area contributed by atoms with Crippen LogP contribution in [0.2, 0.25) is 0 Å². The Bertz CT molecular complexity index is 510. The number of hydrogen-bond donors (Lipinski definition) is 0. The van der Waals surface area contributed by atoms with Gasteiger partial charge in [-0.25, -0.2) is 8.78 Å². The molecule has 1 aromatic carbocycles. The molecule has 0 N–H and O–H groups in total. The molecule has 18 heavy (non-hydrogen) atoms. The van der Waals surface area contributed by atoms with Crippen molar-refractivity contribution >= 4 is 5.91 Å². The lowest BCUT2D eigenvalue weighted by atomic mass is 9.97. The number of nitriles is 1. The van der Waals surface area contributed by atoms with E-state index in [0.717, 1.165) is 12.1 Å². The number of rotatable bonds is 2. The Hall–Kier alpha value is -1.96. The van der Waals surface area contributed by atoms with E-state index in [1.165, 1.54) is 6.07 Å². The number of benzene rings is 1. The number of carbonyl (C=O) groups excluding carboxylic acids is 1. The molecular weight excluding hydrogens is 238 g/mol. The van der Waals surface area contributed by atoms with E-state index in [1.54, 1.807) is 4.90 Å². The van der Waals surface area contributed by atoms with Crippen molar-refractivity contribution in [2.45, 2.75) is 19.4 Å². The van der Waals surface area contributed by atoms with Crippen LogP contribution >= 0.6 is 0 Å². The molecule has 94 valence electrons. The minimum absolute atomic E-state index is 0.113. The van der Waals surface area contributed by atoms with Crippen LogP contribution in [-0.2, 0) is 11.3 Å².